The molecular weight excluding hydrogens is 1340 g/mol. The first-order valence-electron chi connectivity index (χ1n) is 35.8. The lowest BCUT2D eigenvalue weighted by Crippen LogP contribution is -2.67. The third-order valence-electron chi connectivity index (χ3n) is 26.1. The molecule has 33 heteroatoms. The van der Waals surface area contributed by atoms with E-state index in [1.165, 1.54) is 12.5 Å². The van der Waals surface area contributed by atoms with Gasteiger partial charge in [0.25, 0.3) is 0 Å². The lowest BCUT2D eigenvalue weighted by molar-refractivity contribution is -0.379. The Kier molecular flexibility index (Phi) is 23.1. The molecule has 39 atom stereocenters. The number of carbonyl (C=O) groups is 1. The van der Waals surface area contributed by atoms with Gasteiger partial charge in [-0.1, -0.05) is 60.1 Å². The molecule has 5 aliphatic carbocycles. The van der Waals surface area contributed by atoms with Crippen molar-refractivity contribution in [3.05, 3.63) is 11.6 Å². The highest BCUT2D eigenvalue weighted by atomic mass is 16.8. The minimum absolute atomic E-state index is 0.0682. The van der Waals surface area contributed by atoms with Crippen LogP contribution < -0.4 is 0 Å². The number of hydrogen-bond donors (Lipinski definition) is 18. The average Bonchev–Trinajstić information content (AvgIpc) is 0.675. The summed E-state index contributed by atoms with van der Waals surface area (Å²) in [4.78, 5) is 15.7. The molecular formula is C68H110O33. The first-order valence-corrected chi connectivity index (χ1v) is 35.8. The Morgan fingerprint density at radius 2 is 0.970 bits per heavy atom. The largest absolute Gasteiger partial charge is 0.432 e. The van der Waals surface area contributed by atoms with Gasteiger partial charge in [0.05, 0.1) is 57.3 Å². The van der Waals surface area contributed by atoms with Crippen LogP contribution >= 0.6 is 0 Å². The van der Waals surface area contributed by atoms with Crippen molar-refractivity contribution in [2.75, 3.05) is 39.6 Å². The van der Waals surface area contributed by atoms with E-state index in [1.807, 2.05) is 0 Å². The smallest absolute Gasteiger partial charge is 0.315 e. The monoisotopic (exact) mass is 1450 g/mol. The van der Waals surface area contributed by atoms with Gasteiger partial charge in [-0.2, -0.15) is 0 Å². The van der Waals surface area contributed by atoms with Crippen LogP contribution in [0.3, 0.4) is 0 Å². The number of hydrogen-bond acceptors (Lipinski definition) is 33. The summed E-state index contributed by atoms with van der Waals surface area (Å²) in [6, 6.07) is 0. The first kappa shape index (κ1) is 78.5. The van der Waals surface area contributed by atoms with E-state index < -0.39 is 258 Å². The van der Waals surface area contributed by atoms with Crippen LogP contribution in [0.2, 0.25) is 0 Å². The maximum Gasteiger partial charge on any atom is 0.315 e. The second-order valence-electron chi connectivity index (χ2n) is 32.9. The van der Waals surface area contributed by atoms with E-state index in [2.05, 4.69) is 54.5 Å². The Hall–Kier alpha value is -2.03. The Labute approximate surface area is 584 Å². The summed E-state index contributed by atoms with van der Waals surface area (Å²) < 4.78 is 83.0. The van der Waals surface area contributed by atoms with Crippen molar-refractivity contribution in [3.8, 4) is 0 Å². The molecule has 0 radical (unpaired) electrons. The molecule has 0 spiro atoms. The van der Waals surface area contributed by atoms with Crippen molar-refractivity contribution in [2.24, 2.45) is 50.2 Å². The predicted octanol–water partition coefficient (Wildman–Crippen LogP) is -4.98. The molecule has 18 N–H and O–H groups in total. The molecule has 0 aromatic rings. The number of fused-ring (bicyclic) bond motifs is 7. The fourth-order valence-corrected chi connectivity index (χ4v) is 19.7. The summed E-state index contributed by atoms with van der Waals surface area (Å²) in [7, 11) is 0. The molecule has 7 heterocycles. The van der Waals surface area contributed by atoms with Crippen molar-refractivity contribution in [2.45, 2.75) is 316 Å². The maximum absolute atomic E-state index is 15.7. The van der Waals surface area contributed by atoms with Gasteiger partial charge in [0.2, 0.25) is 6.29 Å². The fraction of sp³-hybridized carbons (Fsp3) is 0.956. The van der Waals surface area contributed by atoms with Crippen LogP contribution in [0.25, 0.3) is 0 Å². The molecule has 0 aromatic heterocycles. The highest BCUT2D eigenvalue weighted by molar-refractivity contribution is 5.79. The summed E-state index contributed by atoms with van der Waals surface area (Å²) in [6.45, 7) is 14.1. The fourth-order valence-electron chi connectivity index (χ4n) is 19.7. The van der Waals surface area contributed by atoms with Gasteiger partial charge < -0.3 is 158 Å². The van der Waals surface area contributed by atoms with Gasteiger partial charge in [0.1, 0.15) is 134 Å². The summed E-state index contributed by atoms with van der Waals surface area (Å²) in [6.07, 6.45) is -42.6. The standard InChI is InChI=1S/C68H110O33/c1-26-51(97-57-50(86)52(32(73)24-90-57)98-55-46(82)38(74)29(70)21-88-55)45(81)49(85)58(93-26)100-54-44(80)41(77)33(20-69)94-61(54)101-62(87)68-17-15-63(2,3)19-28(68)27-9-10-36-65(6)13-12-37(64(4,5)35(65)11-14-67(36,8)66(27,7)16-18-68)96-59-48(84)43(79)42(78)34(95-59)25-92-60-53(40(76)31(72)23-91-60)99-56-47(83)39(75)30(71)22-89-56/h9,26,28-61,69-86H,10-25H2,1-8H3/t26-,28-,29+,30+,31-,32+,33+,34+,35-,36+,37-,38-,39-,40+,41+,42+,43-,44-,45-,46+,47+,48+,49+,50+,51-,52-,53+,54+,55-,56-,57-,58-,59-,60+,61-,65-,66+,67+,68-/m0/s1. The van der Waals surface area contributed by atoms with Gasteiger partial charge >= 0.3 is 5.97 Å². The zero-order chi connectivity index (χ0) is 73.3. The number of esters is 1. The highest BCUT2D eigenvalue weighted by Gasteiger charge is 2.71. The van der Waals surface area contributed by atoms with Crippen molar-refractivity contribution in [3.63, 3.8) is 0 Å². The molecule has 12 rings (SSSR count). The first-order chi connectivity index (χ1) is 47.4. The SMILES string of the molecule is C[C@@H]1O[C@@H](O[C@H]2[C@H](OC(=O)[C@]34CCC(C)(C)C[C@H]3C3=CC[C@@H]5[C@@]6(C)CC[C@H](O[C@@H]7O[C@H](CO[C@H]8OC[C@H](O)[C@@H](O)[C@H]8O[C@@H]8OC[C@@H](O)[C@H](O)[C@H]8O)[C@@H](O)[C@H](O)[C@H]7O)C(C)(C)[C@@H]6CC[C@@]5(C)[C@]3(C)CC4)O[C@H](CO)[C@@H](O)[C@@H]2O)[C@H](O)[C@H](O)[C@H]1O[C@@H]1OC[C@@H](O)[C@H](O[C@@H]2OC[C@@H](O)[C@H](O)[C@H]2O)[C@H]1O. The minimum atomic E-state index is -2.00. The molecule has 580 valence electrons. The van der Waals surface area contributed by atoms with Gasteiger partial charge in [-0.05, 0) is 116 Å². The third kappa shape index (κ3) is 14.0. The number of aliphatic hydroxyl groups excluding tert-OH is 18. The van der Waals surface area contributed by atoms with E-state index in [-0.39, 0.29) is 34.0 Å². The molecule has 7 saturated heterocycles. The summed E-state index contributed by atoms with van der Waals surface area (Å²) in [5.41, 5.74) is -1.73. The molecule has 0 unspecified atom stereocenters. The Morgan fingerprint density at radius 1 is 0.465 bits per heavy atom. The van der Waals surface area contributed by atoms with Crippen LogP contribution in [-0.2, 0) is 71.1 Å². The van der Waals surface area contributed by atoms with E-state index >= 15 is 4.79 Å². The average molecular weight is 1460 g/mol. The lowest BCUT2D eigenvalue weighted by atomic mass is 9.33. The number of rotatable bonds is 16. The number of aliphatic hydroxyl groups is 18. The Bertz CT molecular complexity index is 2860. The number of carbonyl (C=O) groups excluding carboxylic acids is 1. The van der Waals surface area contributed by atoms with Gasteiger partial charge in [0, 0.05) is 0 Å². The number of allylic oxidation sites excluding steroid dienone is 2. The van der Waals surface area contributed by atoms with E-state index in [0.29, 0.717) is 51.4 Å². The van der Waals surface area contributed by atoms with Crippen molar-refractivity contribution < 1.29 is 163 Å². The zero-order valence-corrected chi connectivity index (χ0v) is 58.3. The third-order valence-corrected chi connectivity index (χ3v) is 26.1. The molecule has 101 heavy (non-hydrogen) atoms. The van der Waals surface area contributed by atoms with Gasteiger partial charge in [0.15, 0.2) is 43.8 Å². The van der Waals surface area contributed by atoms with E-state index in [9.17, 15) is 91.9 Å². The van der Waals surface area contributed by atoms with Crippen molar-refractivity contribution >= 4 is 5.97 Å². The molecule has 4 saturated carbocycles. The van der Waals surface area contributed by atoms with Crippen LogP contribution in [0.4, 0.5) is 0 Å². The summed E-state index contributed by atoms with van der Waals surface area (Å²) in [5.74, 6) is -0.766. The van der Waals surface area contributed by atoms with Crippen molar-refractivity contribution in [1.82, 2.24) is 0 Å². The van der Waals surface area contributed by atoms with Crippen LogP contribution in [0.5, 0.6) is 0 Å². The summed E-state index contributed by atoms with van der Waals surface area (Å²) >= 11 is 0. The van der Waals surface area contributed by atoms with Crippen LogP contribution in [0, 0.1) is 50.2 Å². The van der Waals surface area contributed by atoms with Crippen LogP contribution in [0.1, 0.15) is 120 Å². The lowest BCUT2D eigenvalue weighted by Gasteiger charge is -2.71. The Balaban J connectivity index is 0.717. The molecule has 33 nitrogen and oxygen atoms in total. The molecule has 11 fully saturated rings. The van der Waals surface area contributed by atoms with E-state index in [1.54, 1.807) is 0 Å². The topological polar surface area (TPSA) is 510 Å². The molecule has 0 bridgehead atoms. The van der Waals surface area contributed by atoms with Crippen LogP contribution in [0.15, 0.2) is 11.6 Å². The predicted molar refractivity (Wildman–Crippen MR) is 335 cm³/mol. The van der Waals surface area contributed by atoms with Crippen LogP contribution in [-0.4, -0.2) is 334 Å². The highest BCUT2D eigenvalue weighted by Crippen LogP contribution is 2.76. The second kappa shape index (κ2) is 29.8. The number of ether oxygens (including phenoxy) is 14. The van der Waals surface area contributed by atoms with Gasteiger partial charge in [-0.25, -0.2) is 0 Å². The van der Waals surface area contributed by atoms with E-state index in [0.717, 1.165) is 12.8 Å². The molecule has 7 aliphatic heterocycles. The minimum Gasteiger partial charge on any atom is -0.432 e. The second-order valence-corrected chi connectivity index (χ2v) is 32.9. The normalized spacial score (nSPS) is 54.4. The van der Waals surface area contributed by atoms with Gasteiger partial charge in [-0.3, -0.25) is 4.79 Å². The van der Waals surface area contributed by atoms with Gasteiger partial charge in [-0.15, -0.1) is 0 Å². The maximum atomic E-state index is 15.7. The zero-order valence-electron chi connectivity index (χ0n) is 58.3. The molecule has 0 aromatic carbocycles. The molecule has 12 aliphatic rings. The quantitative estimate of drug-likeness (QED) is 0.0391. The van der Waals surface area contributed by atoms with E-state index in [4.69, 9.17) is 66.3 Å². The Morgan fingerprint density at radius 3 is 1.61 bits per heavy atom. The molecule has 0 amide bonds. The van der Waals surface area contributed by atoms with Crippen molar-refractivity contribution in [1.29, 1.82) is 0 Å². The summed E-state index contributed by atoms with van der Waals surface area (Å²) in [5, 5.41) is 196.